The number of rotatable bonds is 6. The van der Waals surface area contributed by atoms with Crippen molar-refractivity contribution >= 4 is 45.1 Å². The number of anilines is 1. The number of carbonyl (C=O) groups excluding carboxylic acids is 2. The van der Waals surface area contributed by atoms with Gasteiger partial charge in [-0.2, -0.15) is 0 Å². The third kappa shape index (κ3) is 4.84. The van der Waals surface area contributed by atoms with Gasteiger partial charge in [0.25, 0.3) is 0 Å². The molecule has 0 atom stereocenters. The summed E-state index contributed by atoms with van der Waals surface area (Å²) >= 11 is 9.26. The molecule has 0 heterocycles. The number of hydrogen-bond acceptors (Lipinski definition) is 3. The number of hydrogen-bond donors (Lipinski definition) is 1. The molecule has 1 N–H and O–H groups in total. The summed E-state index contributed by atoms with van der Waals surface area (Å²) in [5, 5.41) is 3.81. The van der Waals surface area contributed by atoms with Gasteiger partial charge in [0.05, 0.1) is 17.8 Å². The van der Waals surface area contributed by atoms with E-state index in [9.17, 15) is 9.59 Å². The van der Waals surface area contributed by atoms with Crippen LogP contribution in [0.25, 0.3) is 0 Å². The Kier molecular flexibility index (Phi) is 6.87. The highest BCUT2D eigenvalue weighted by Crippen LogP contribution is 2.25. The van der Waals surface area contributed by atoms with Gasteiger partial charge in [0, 0.05) is 11.8 Å². The average Bonchev–Trinajstić information content (AvgIpc) is 2.38. The molecule has 0 saturated carbocycles. The predicted molar refractivity (Wildman–Crippen MR) is 79.1 cm³/mol. The number of ether oxygens (including phenoxy) is 1. The van der Waals surface area contributed by atoms with Gasteiger partial charge in [-0.1, -0.05) is 33.6 Å². The Morgan fingerprint density at radius 3 is 2.74 bits per heavy atom. The Bertz CT molecular complexity index is 465. The van der Waals surface area contributed by atoms with E-state index in [-0.39, 0.29) is 16.5 Å². The molecular formula is C13H15BrClNO3. The smallest absolute Gasteiger partial charge is 0.341 e. The van der Waals surface area contributed by atoms with E-state index in [4.69, 9.17) is 11.6 Å². The van der Waals surface area contributed by atoms with Gasteiger partial charge in [-0.05, 0) is 25.0 Å². The summed E-state index contributed by atoms with van der Waals surface area (Å²) in [5.41, 5.74) is 0.559. The third-order valence-corrected chi connectivity index (χ3v) is 3.34. The molecule has 0 saturated heterocycles. The zero-order chi connectivity index (χ0) is 14.3. The fourth-order valence-corrected chi connectivity index (χ4v) is 2.18. The summed E-state index contributed by atoms with van der Waals surface area (Å²) in [4.78, 5) is 23.4. The largest absolute Gasteiger partial charge is 0.465 e. The van der Waals surface area contributed by atoms with E-state index in [1.54, 1.807) is 18.2 Å². The summed E-state index contributed by atoms with van der Waals surface area (Å²) in [6.45, 7) is 0. The zero-order valence-electron chi connectivity index (χ0n) is 10.5. The first kappa shape index (κ1) is 16.0. The minimum absolute atomic E-state index is 0.145. The van der Waals surface area contributed by atoms with Gasteiger partial charge in [-0.15, -0.1) is 0 Å². The van der Waals surface area contributed by atoms with E-state index in [0.717, 1.165) is 18.2 Å². The standard InChI is InChI=1S/C13H15BrClNO3/c1-19-13(18)12-9(15)5-4-6-10(12)16-11(17)7-2-3-8-14/h4-6H,2-3,7-8H2,1H3,(H,16,17). The molecule has 0 radical (unpaired) electrons. The molecule has 0 spiro atoms. The maximum atomic E-state index is 11.7. The SMILES string of the molecule is COC(=O)c1c(Cl)cccc1NC(=O)CCCCBr. The second-order valence-electron chi connectivity index (χ2n) is 3.85. The fourth-order valence-electron chi connectivity index (χ4n) is 1.53. The minimum atomic E-state index is -0.568. The third-order valence-electron chi connectivity index (χ3n) is 2.46. The lowest BCUT2D eigenvalue weighted by molar-refractivity contribution is -0.116. The molecule has 6 heteroatoms. The molecule has 104 valence electrons. The Hall–Kier alpha value is -1.07. The van der Waals surface area contributed by atoms with Gasteiger partial charge in [0.2, 0.25) is 5.91 Å². The van der Waals surface area contributed by atoms with Gasteiger partial charge < -0.3 is 10.1 Å². The molecule has 0 aliphatic heterocycles. The summed E-state index contributed by atoms with van der Waals surface area (Å²) in [6, 6.07) is 4.87. The zero-order valence-corrected chi connectivity index (χ0v) is 12.9. The molecule has 1 aromatic carbocycles. The second kappa shape index (κ2) is 8.17. The first-order chi connectivity index (χ1) is 9.10. The Labute approximate surface area is 125 Å². The van der Waals surface area contributed by atoms with Crippen LogP contribution in [0.1, 0.15) is 29.6 Å². The summed E-state index contributed by atoms with van der Waals surface area (Å²) in [5.74, 6) is -0.713. The van der Waals surface area contributed by atoms with Crippen LogP contribution < -0.4 is 5.32 Å². The van der Waals surface area contributed by atoms with Crippen LogP contribution in [0.4, 0.5) is 5.69 Å². The van der Waals surface area contributed by atoms with Crippen molar-refractivity contribution in [2.75, 3.05) is 17.8 Å². The van der Waals surface area contributed by atoms with Crippen molar-refractivity contribution in [1.82, 2.24) is 0 Å². The monoisotopic (exact) mass is 347 g/mol. The number of esters is 1. The van der Waals surface area contributed by atoms with E-state index in [2.05, 4.69) is 26.0 Å². The lowest BCUT2D eigenvalue weighted by atomic mass is 10.1. The lowest BCUT2D eigenvalue weighted by Crippen LogP contribution is -2.15. The number of carbonyl (C=O) groups is 2. The fraction of sp³-hybridized carbons (Fsp3) is 0.385. The summed E-state index contributed by atoms with van der Waals surface area (Å²) in [7, 11) is 1.27. The van der Waals surface area contributed by atoms with Crippen molar-refractivity contribution in [3.05, 3.63) is 28.8 Å². The highest BCUT2D eigenvalue weighted by atomic mass is 79.9. The molecule has 19 heavy (non-hydrogen) atoms. The van der Waals surface area contributed by atoms with Crippen molar-refractivity contribution < 1.29 is 14.3 Å². The lowest BCUT2D eigenvalue weighted by Gasteiger charge is -2.11. The van der Waals surface area contributed by atoms with E-state index in [1.807, 2.05) is 0 Å². The number of methoxy groups -OCH3 is 1. The number of unbranched alkanes of at least 4 members (excludes halogenated alkanes) is 1. The Morgan fingerprint density at radius 2 is 2.11 bits per heavy atom. The Morgan fingerprint density at radius 1 is 1.37 bits per heavy atom. The van der Waals surface area contributed by atoms with Crippen molar-refractivity contribution in [3.63, 3.8) is 0 Å². The predicted octanol–water partition coefficient (Wildman–Crippen LogP) is 3.63. The highest BCUT2D eigenvalue weighted by Gasteiger charge is 2.17. The molecule has 0 fully saturated rings. The quantitative estimate of drug-likeness (QED) is 0.485. The number of amides is 1. The molecule has 0 unspecified atom stereocenters. The molecule has 0 aliphatic carbocycles. The van der Waals surface area contributed by atoms with Crippen LogP contribution in [0, 0.1) is 0 Å². The first-order valence-electron chi connectivity index (χ1n) is 5.82. The molecule has 1 aromatic rings. The van der Waals surface area contributed by atoms with E-state index >= 15 is 0 Å². The first-order valence-corrected chi connectivity index (χ1v) is 7.32. The number of nitrogens with one attached hydrogen (secondary N) is 1. The molecule has 0 aliphatic rings. The number of halogens is 2. The van der Waals surface area contributed by atoms with Crippen LogP contribution in [0.15, 0.2) is 18.2 Å². The number of alkyl halides is 1. The van der Waals surface area contributed by atoms with Gasteiger partial charge in [0.15, 0.2) is 0 Å². The molecule has 1 amide bonds. The summed E-state index contributed by atoms with van der Waals surface area (Å²) in [6.07, 6.45) is 2.11. The van der Waals surface area contributed by atoms with E-state index < -0.39 is 5.97 Å². The molecule has 4 nitrogen and oxygen atoms in total. The van der Waals surface area contributed by atoms with Crippen LogP contribution in [0.3, 0.4) is 0 Å². The maximum absolute atomic E-state index is 11.7. The van der Waals surface area contributed by atoms with Crippen LogP contribution in [-0.2, 0) is 9.53 Å². The molecular weight excluding hydrogens is 334 g/mol. The van der Waals surface area contributed by atoms with Crippen molar-refractivity contribution in [1.29, 1.82) is 0 Å². The summed E-state index contributed by atoms with van der Waals surface area (Å²) < 4.78 is 4.66. The van der Waals surface area contributed by atoms with Gasteiger partial charge >= 0.3 is 5.97 Å². The topological polar surface area (TPSA) is 55.4 Å². The highest BCUT2D eigenvalue weighted by molar-refractivity contribution is 9.09. The van der Waals surface area contributed by atoms with Gasteiger partial charge in [-0.25, -0.2) is 4.79 Å². The molecule has 0 bridgehead atoms. The molecule has 0 aromatic heterocycles. The minimum Gasteiger partial charge on any atom is -0.465 e. The van der Waals surface area contributed by atoms with Gasteiger partial charge in [-0.3, -0.25) is 4.79 Å². The second-order valence-corrected chi connectivity index (χ2v) is 5.05. The van der Waals surface area contributed by atoms with E-state index in [0.29, 0.717) is 12.1 Å². The van der Waals surface area contributed by atoms with Gasteiger partial charge in [0.1, 0.15) is 5.56 Å². The van der Waals surface area contributed by atoms with Crippen molar-refractivity contribution in [2.24, 2.45) is 0 Å². The van der Waals surface area contributed by atoms with Crippen LogP contribution in [0.5, 0.6) is 0 Å². The normalized spacial score (nSPS) is 10.1. The maximum Gasteiger partial charge on any atom is 0.341 e. The van der Waals surface area contributed by atoms with Crippen molar-refractivity contribution in [2.45, 2.75) is 19.3 Å². The van der Waals surface area contributed by atoms with Crippen LogP contribution >= 0.6 is 27.5 Å². The van der Waals surface area contributed by atoms with Crippen molar-refractivity contribution in [3.8, 4) is 0 Å². The Balaban J connectivity index is 2.80. The molecule has 1 rings (SSSR count). The van der Waals surface area contributed by atoms with Crippen LogP contribution in [-0.4, -0.2) is 24.3 Å². The van der Waals surface area contributed by atoms with Crippen LogP contribution in [0.2, 0.25) is 5.02 Å². The van der Waals surface area contributed by atoms with E-state index in [1.165, 1.54) is 7.11 Å². The number of benzene rings is 1. The average molecular weight is 349 g/mol.